The molecule has 0 aliphatic carbocycles. The predicted octanol–water partition coefficient (Wildman–Crippen LogP) is 2.97. The van der Waals surface area contributed by atoms with Gasteiger partial charge in [0.2, 0.25) is 15.4 Å². The Balaban J connectivity index is 2.45. The van der Waals surface area contributed by atoms with Crippen molar-refractivity contribution in [2.45, 2.75) is 33.4 Å². The average molecular weight is 504 g/mol. The first-order valence-corrected chi connectivity index (χ1v) is 11.8. The van der Waals surface area contributed by atoms with Gasteiger partial charge in [0.05, 0.1) is 15.5 Å². The van der Waals surface area contributed by atoms with E-state index in [1.165, 1.54) is 0 Å². The molecule has 0 radical (unpaired) electrons. The summed E-state index contributed by atoms with van der Waals surface area (Å²) in [5.41, 5.74) is -4.53. The number of halogens is 5. The Kier molecular flexibility index (Phi) is 6.50. The van der Waals surface area contributed by atoms with E-state index in [4.69, 9.17) is 11.6 Å². The van der Waals surface area contributed by atoms with Gasteiger partial charge in [0.15, 0.2) is 15.7 Å². The van der Waals surface area contributed by atoms with Crippen LogP contribution in [0.2, 0.25) is 5.02 Å². The van der Waals surface area contributed by atoms with Crippen molar-refractivity contribution in [1.29, 1.82) is 0 Å². The summed E-state index contributed by atoms with van der Waals surface area (Å²) < 4.78 is 101. The van der Waals surface area contributed by atoms with E-state index in [2.05, 4.69) is 0 Å². The van der Waals surface area contributed by atoms with Crippen LogP contribution in [-0.2, 0) is 24.5 Å². The minimum atomic E-state index is -5.34. The van der Waals surface area contributed by atoms with E-state index in [1.807, 2.05) is 0 Å². The third-order valence-electron chi connectivity index (χ3n) is 4.14. The average Bonchev–Trinajstić information content (AvgIpc) is 2.63. The number of benzene rings is 2. The van der Waals surface area contributed by atoms with Gasteiger partial charge in [0.25, 0.3) is 5.91 Å². The van der Waals surface area contributed by atoms with Crippen molar-refractivity contribution in [2.24, 2.45) is 0 Å². The van der Waals surface area contributed by atoms with E-state index in [9.17, 15) is 44.3 Å². The van der Waals surface area contributed by atoms with Crippen LogP contribution in [0.1, 0.15) is 6.92 Å². The minimum Gasteiger partial charge on any atom is -0.373 e. The number of alkyl halides is 3. The Labute approximate surface area is 179 Å². The van der Waals surface area contributed by atoms with Gasteiger partial charge in [-0.3, -0.25) is 4.79 Å². The third kappa shape index (κ3) is 4.84. The van der Waals surface area contributed by atoms with Crippen molar-refractivity contribution in [3.8, 4) is 0 Å². The molecule has 31 heavy (non-hydrogen) atoms. The van der Waals surface area contributed by atoms with E-state index in [-0.39, 0.29) is 11.8 Å². The molecule has 1 amide bonds. The minimum absolute atomic E-state index is 0.172. The van der Waals surface area contributed by atoms with Crippen LogP contribution in [-0.4, -0.2) is 45.9 Å². The number of anilines is 1. The van der Waals surface area contributed by atoms with Crippen LogP contribution in [0.5, 0.6) is 0 Å². The summed E-state index contributed by atoms with van der Waals surface area (Å²) in [7, 11) is -8.16. The molecule has 2 aromatic rings. The Bertz CT molecular complexity index is 1240. The highest BCUT2D eigenvalue weighted by Crippen LogP contribution is 2.35. The molecular weight excluding hydrogens is 490 g/mol. The first-order chi connectivity index (χ1) is 13.9. The van der Waals surface area contributed by atoms with Crippen molar-refractivity contribution in [2.75, 3.05) is 11.6 Å². The Morgan fingerprint density at radius 2 is 1.48 bits per heavy atom. The van der Waals surface area contributed by atoms with Crippen molar-refractivity contribution in [1.82, 2.24) is 0 Å². The lowest BCUT2D eigenvalue weighted by atomic mass is 10.1. The summed E-state index contributed by atoms with van der Waals surface area (Å²) in [5, 5.41) is 9.92. The van der Waals surface area contributed by atoms with Gasteiger partial charge < -0.3 is 10.4 Å². The topological polar surface area (TPSA) is 118 Å². The lowest BCUT2D eigenvalue weighted by molar-refractivity contribution is -0.242. The zero-order valence-corrected chi connectivity index (χ0v) is 18.0. The maximum atomic E-state index is 14.6. The number of sulfone groups is 2. The first kappa shape index (κ1) is 25.0. The maximum absolute atomic E-state index is 14.6. The van der Waals surface area contributed by atoms with Gasteiger partial charge in [-0.15, -0.1) is 0 Å². The molecule has 0 fully saturated rings. The molecule has 2 rings (SSSR count). The largest absolute Gasteiger partial charge is 0.426 e. The molecule has 0 bridgehead atoms. The SMILES string of the molecule is CC(O)(C(=O)Nc1ccc(S(=O)(=O)c2ccc(S(C)(=O)=O)cc2)c(F)c1Cl)C(F)(F)F. The second-order valence-corrected chi connectivity index (χ2v) is 10.8. The Morgan fingerprint density at radius 3 is 1.94 bits per heavy atom. The second-order valence-electron chi connectivity index (χ2n) is 6.51. The van der Waals surface area contributed by atoms with Gasteiger partial charge in [-0.2, -0.15) is 13.2 Å². The molecule has 7 nitrogen and oxygen atoms in total. The number of nitrogens with one attached hydrogen (secondary N) is 1. The summed E-state index contributed by atoms with van der Waals surface area (Å²) in [4.78, 5) is 10.1. The summed E-state index contributed by atoms with van der Waals surface area (Å²) in [6.07, 6.45) is -4.44. The predicted molar refractivity (Wildman–Crippen MR) is 102 cm³/mol. The van der Waals surface area contributed by atoms with E-state index in [0.29, 0.717) is 6.07 Å². The molecule has 0 heterocycles. The fourth-order valence-electron chi connectivity index (χ4n) is 2.20. The standard InChI is InChI=1S/C17H14ClF4NO6S2/c1-16(25,17(20,21)22)15(24)23-11-7-8-12(14(19)13(11)18)31(28,29)10-5-3-9(4-6-10)30(2,26)27/h3-8,25H,1-2H3,(H,23,24). The molecule has 1 unspecified atom stereocenters. The Hall–Kier alpha value is -2.22. The van der Waals surface area contributed by atoms with Crippen LogP contribution >= 0.6 is 11.6 Å². The summed E-state index contributed by atoms with van der Waals surface area (Å²) >= 11 is 5.69. The first-order valence-electron chi connectivity index (χ1n) is 8.04. The number of amides is 1. The number of aliphatic hydroxyl groups is 1. The van der Waals surface area contributed by atoms with Gasteiger partial charge in [0, 0.05) is 6.26 Å². The fourth-order valence-corrected chi connectivity index (χ4v) is 4.43. The normalized spacial score (nSPS) is 14.7. The van der Waals surface area contributed by atoms with Crippen molar-refractivity contribution in [3.05, 3.63) is 47.2 Å². The molecule has 0 aliphatic heterocycles. The highest BCUT2D eigenvalue weighted by Gasteiger charge is 2.55. The van der Waals surface area contributed by atoms with E-state index < -0.39 is 63.7 Å². The Morgan fingerprint density at radius 1 is 1.00 bits per heavy atom. The number of carbonyl (C=O) groups excluding carboxylic acids is 1. The fraction of sp³-hybridized carbons (Fsp3) is 0.235. The van der Waals surface area contributed by atoms with Gasteiger partial charge >= 0.3 is 6.18 Å². The quantitative estimate of drug-likeness (QED) is 0.606. The number of carbonyl (C=O) groups is 1. The van der Waals surface area contributed by atoms with E-state index in [0.717, 1.165) is 36.6 Å². The van der Waals surface area contributed by atoms with Crippen molar-refractivity contribution >= 4 is 42.9 Å². The van der Waals surface area contributed by atoms with Crippen LogP contribution in [0.4, 0.5) is 23.2 Å². The molecule has 14 heteroatoms. The molecule has 0 aromatic heterocycles. The molecule has 1 atom stereocenters. The van der Waals surface area contributed by atoms with E-state index >= 15 is 0 Å². The van der Waals surface area contributed by atoms with Gasteiger partial charge in [-0.05, 0) is 43.3 Å². The molecule has 2 aromatic carbocycles. The molecule has 2 N–H and O–H groups in total. The maximum Gasteiger partial charge on any atom is 0.426 e. The van der Waals surface area contributed by atoms with Crippen LogP contribution < -0.4 is 5.32 Å². The van der Waals surface area contributed by atoms with Crippen LogP contribution in [0.25, 0.3) is 0 Å². The monoisotopic (exact) mass is 503 g/mol. The number of hydrogen-bond donors (Lipinski definition) is 2. The lowest BCUT2D eigenvalue weighted by Crippen LogP contribution is -2.52. The second kappa shape index (κ2) is 8.04. The van der Waals surface area contributed by atoms with E-state index in [1.54, 1.807) is 5.32 Å². The molecule has 0 saturated heterocycles. The molecule has 0 aliphatic rings. The lowest BCUT2D eigenvalue weighted by Gasteiger charge is -2.25. The van der Waals surface area contributed by atoms with Gasteiger partial charge in [-0.1, -0.05) is 11.6 Å². The number of rotatable bonds is 5. The molecule has 0 saturated carbocycles. The smallest absolute Gasteiger partial charge is 0.373 e. The zero-order valence-electron chi connectivity index (χ0n) is 15.7. The third-order valence-corrected chi connectivity index (χ3v) is 7.43. The van der Waals surface area contributed by atoms with Gasteiger partial charge in [0.1, 0.15) is 9.92 Å². The van der Waals surface area contributed by atoms with Crippen LogP contribution in [0.3, 0.4) is 0 Å². The van der Waals surface area contributed by atoms with Gasteiger partial charge in [-0.25, -0.2) is 21.2 Å². The van der Waals surface area contributed by atoms with Crippen LogP contribution in [0.15, 0.2) is 51.1 Å². The molecular formula is C17H14ClF4NO6S2. The number of hydrogen-bond acceptors (Lipinski definition) is 6. The van der Waals surface area contributed by atoms with Crippen molar-refractivity contribution < 1.29 is 44.3 Å². The summed E-state index contributed by atoms with van der Waals surface area (Å²) in [5.74, 6) is -3.54. The highest BCUT2D eigenvalue weighted by molar-refractivity contribution is 7.91. The zero-order chi connectivity index (χ0) is 24.0. The van der Waals surface area contributed by atoms with Crippen molar-refractivity contribution in [3.63, 3.8) is 0 Å². The molecule has 170 valence electrons. The summed E-state index contributed by atoms with van der Waals surface area (Å²) in [6, 6.07) is 5.24. The summed E-state index contributed by atoms with van der Waals surface area (Å²) in [6.45, 7) is 0.172. The van der Waals surface area contributed by atoms with Crippen LogP contribution in [0, 0.1) is 5.82 Å². The highest BCUT2D eigenvalue weighted by atomic mass is 35.5. The molecule has 0 spiro atoms.